The van der Waals surface area contributed by atoms with Gasteiger partial charge in [-0.15, -0.1) is 22.7 Å². The molecular formula is C13H12N2S2. The highest BCUT2D eigenvalue weighted by Crippen LogP contribution is 2.35. The zero-order valence-corrected chi connectivity index (χ0v) is 11.1. The average Bonchev–Trinajstić information content (AvgIpc) is 2.95. The Balaban J connectivity index is 2.07. The van der Waals surface area contributed by atoms with Gasteiger partial charge in [-0.25, -0.2) is 4.98 Å². The number of hydrogen-bond donors (Lipinski definition) is 1. The minimum atomic E-state index is 0.889. The van der Waals surface area contributed by atoms with E-state index in [1.165, 1.54) is 20.5 Å². The molecule has 17 heavy (non-hydrogen) atoms. The molecule has 0 bridgehead atoms. The molecule has 2 nitrogen and oxygen atoms in total. The maximum atomic E-state index is 4.51. The minimum absolute atomic E-state index is 0.889. The van der Waals surface area contributed by atoms with Crippen molar-refractivity contribution in [1.29, 1.82) is 0 Å². The van der Waals surface area contributed by atoms with Crippen LogP contribution in [0.2, 0.25) is 0 Å². The first-order chi connectivity index (χ1) is 8.38. The van der Waals surface area contributed by atoms with Crippen LogP contribution in [0.4, 0.5) is 0 Å². The minimum Gasteiger partial charge on any atom is -0.315 e. The van der Waals surface area contributed by atoms with Crippen LogP contribution in [0.5, 0.6) is 0 Å². The molecule has 0 amide bonds. The van der Waals surface area contributed by atoms with Gasteiger partial charge in [-0.1, -0.05) is 18.2 Å². The molecule has 86 valence electrons. The molecule has 3 aromatic rings. The first-order valence-corrected chi connectivity index (χ1v) is 7.14. The van der Waals surface area contributed by atoms with Crippen LogP contribution in [0.25, 0.3) is 20.7 Å². The van der Waals surface area contributed by atoms with Gasteiger partial charge in [-0.2, -0.15) is 0 Å². The van der Waals surface area contributed by atoms with Crippen molar-refractivity contribution in [2.24, 2.45) is 0 Å². The lowest BCUT2D eigenvalue weighted by Crippen LogP contribution is -2.02. The fraction of sp³-hybridized carbons (Fsp3) is 0.154. The predicted molar refractivity (Wildman–Crippen MR) is 75.7 cm³/mol. The number of aromatic nitrogens is 1. The second-order valence-electron chi connectivity index (χ2n) is 3.81. The zero-order chi connectivity index (χ0) is 11.7. The standard InChI is InChI=1S/C13H12N2S2/c1-14-6-9-7-15-13(17-9)11-8-16-12-5-3-2-4-10(11)12/h2-5,7-8,14H,6H2,1H3. The molecule has 0 radical (unpaired) electrons. The number of thiophene rings is 1. The van der Waals surface area contributed by atoms with Gasteiger partial charge in [-0.3, -0.25) is 0 Å². The Labute approximate surface area is 108 Å². The van der Waals surface area contributed by atoms with Crippen LogP contribution < -0.4 is 5.32 Å². The van der Waals surface area contributed by atoms with Gasteiger partial charge in [-0.05, 0) is 13.1 Å². The Morgan fingerprint density at radius 2 is 2.18 bits per heavy atom. The van der Waals surface area contributed by atoms with E-state index in [0.717, 1.165) is 11.6 Å². The van der Waals surface area contributed by atoms with E-state index in [4.69, 9.17) is 0 Å². The molecule has 0 atom stereocenters. The SMILES string of the molecule is CNCc1cnc(-c2csc3ccccc23)s1. The Hall–Kier alpha value is -1.23. The molecule has 0 aliphatic heterocycles. The Bertz CT molecular complexity index is 639. The predicted octanol–water partition coefficient (Wildman–Crippen LogP) is 3.74. The van der Waals surface area contributed by atoms with Crippen LogP contribution in [0.1, 0.15) is 4.88 Å². The van der Waals surface area contributed by atoms with Gasteiger partial charge in [0.2, 0.25) is 0 Å². The van der Waals surface area contributed by atoms with Crippen LogP contribution in [0, 0.1) is 0 Å². The zero-order valence-electron chi connectivity index (χ0n) is 9.43. The van der Waals surface area contributed by atoms with Crippen LogP contribution in [0.3, 0.4) is 0 Å². The van der Waals surface area contributed by atoms with E-state index in [1.54, 1.807) is 22.7 Å². The molecule has 0 fully saturated rings. The maximum absolute atomic E-state index is 4.51. The number of nitrogens with zero attached hydrogens (tertiary/aromatic N) is 1. The molecule has 0 saturated heterocycles. The van der Waals surface area contributed by atoms with E-state index in [-0.39, 0.29) is 0 Å². The first-order valence-electron chi connectivity index (χ1n) is 5.44. The number of thiazole rings is 1. The molecule has 2 heterocycles. The van der Waals surface area contributed by atoms with Gasteiger partial charge >= 0.3 is 0 Å². The van der Waals surface area contributed by atoms with E-state index in [0.29, 0.717) is 0 Å². The molecule has 0 saturated carbocycles. The van der Waals surface area contributed by atoms with Crippen LogP contribution >= 0.6 is 22.7 Å². The van der Waals surface area contributed by atoms with Gasteiger partial charge in [0.15, 0.2) is 0 Å². The molecular weight excluding hydrogens is 248 g/mol. The second kappa shape index (κ2) is 4.56. The summed E-state index contributed by atoms with van der Waals surface area (Å²) in [6, 6.07) is 8.49. The Morgan fingerprint density at radius 3 is 3.06 bits per heavy atom. The fourth-order valence-electron chi connectivity index (χ4n) is 1.83. The molecule has 0 aliphatic carbocycles. The van der Waals surface area contributed by atoms with E-state index < -0.39 is 0 Å². The smallest absolute Gasteiger partial charge is 0.125 e. The molecule has 2 aromatic heterocycles. The number of nitrogens with one attached hydrogen (secondary N) is 1. The monoisotopic (exact) mass is 260 g/mol. The molecule has 3 rings (SSSR count). The van der Waals surface area contributed by atoms with Crippen molar-refractivity contribution in [2.45, 2.75) is 6.54 Å². The summed E-state index contributed by atoms with van der Waals surface area (Å²) in [6.07, 6.45) is 1.96. The Kier molecular flexibility index (Phi) is 2.93. The third kappa shape index (κ3) is 1.99. The molecule has 0 spiro atoms. The first kappa shape index (κ1) is 10.9. The highest BCUT2D eigenvalue weighted by atomic mass is 32.1. The summed E-state index contributed by atoms with van der Waals surface area (Å²) >= 11 is 3.55. The largest absolute Gasteiger partial charge is 0.315 e. The van der Waals surface area contributed by atoms with Gasteiger partial charge < -0.3 is 5.32 Å². The summed E-state index contributed by atoms with van der Waals surface area (Å²) < 4.78 is 1.33. The number of benzene rings is 1. The van der Waals surface area contributed by atoms with Gasteiger partial charge in [0.1, 0.15) is 5.01 Å². The van der Waals surface area contributed by atoms with Crippen LogP contribution in [-0.4, -0.2) is 12.0 Å². The fourth-order valence-corrected chi connectivity index (χ4v) is 3.81. The molecule has 1 N–H and O–H groups in total. The number of hydrogen-bond acceptors (Lipinski definition) is 4. The van der Waals surface area contributed by atoms with Crippen molar-refractivity contribution in [2.75, 3.05) is 7.05 Å². The van der Waals surface area contributed by atoms with Crippen molar-refractivity contribution >= 4 is 32.8 Å². The second-order valence-corrected chi connectivity index (χ2v) is 5.83. The quantitative estimate of drug-likeness (QED) is 0.776. The molecule has 0 unspecified atom stereocenters. The average molecular weight is 260 g/mol. The summed E-state index contributed by atoms with van der Waals surface area (Å²) in [5.41, 5.74) is 1.26. The summed E-state index contributed by atoms with van der Waals surface area (Å²) in [4.78, 5) is 5.79. The van der Waals surface area contributed by atoms with Gasteiger partial charge in [0.05, 0.1) is 0 Å². The third-order valence-corrected chi connectivity index (χ3v) is 4.61. The van der Waals surface area contributed by atoms with E-state index in [1.807, 2.05) is 13.2 Å². The third-order valence-electron chi connectivity index (χ3n) is 2.62. The topological polar surface area (TPSA) is 24.9 Å². The highest BCUT2D eigenvalue weighted by molar-refractivity contribution is 7.19. The number of fused-ring (bicyclic) bond motifs is 1. The van der Waals surface area contributed by atoms with Crippen molar-refractivity contribution in [3.05, 3.63) is 40.7 Å². The van der Waals surface area contributed by atoms with Crippen molar-refractivity contribution < 1.29 is 0 Å². The normalized spacial score (nSPS) is 11.1. The maximum Gasteiger partial charge on any atom is 0.125 e. The van der Waals surface area contributed by atoms with E-state index in [9.17, 15) is 0 Å². The van der Waals surface area contributed by atoms with Crippen LogP contribution in [-0.2, 0) is 6.54 Å². The molecule has 0 aliphatic rings. The van der Waals surface area contributed by atoms with Crippen molar-refractivity contribution in [3.63, 3.8) is 0 Å². The summed E-state index contributed by atoms with van der Waals surface area (Å²) in [6.45, 7) is 0.889. The summed E-state index contributed by atoms with van der Waals surface area (Å²) in [5.74, 6) is 0. The molecule has 1 aromatic carbocycles. The van der Waals surface area contributed by atoms with Crippen molar-refractivity contribution in [3.8, 4) is 10.6 Å². The lowest BCUT2D eigenvalue weighted by atomic mass is 10.2. The molecule has 4 heteroatoms. The van der Waals surface area contributed by atoms with Gasteiger partial charge in [0, 0.05) is 38.6 Å². The lowest BCUT2D eigenvalue weighted by Gasteiger charge is -1.93. The van der Waals surface area contributed by atoms with E-state index >= 15 is 0 Å². The van der Waals surface area contributed by atoms with Crippen LogP contribution in [0.15, 0.2) is 35.8 Å². The van der Waals surface area contributed by atoms with Crippen molar-refractivity contribution in [1.82, 2.24) is 10.3 Å². The lowest BCUT2D eigenvalue weighted by molar-refractivity contribution is 0.829. The summed E-state index contributed by atoms with van der Waals surface area (Å²) in [5, 5.41) is 7.78. The number of rotatable bonds is 3. The summed E-state index contributed by atoms with van der Waals surface area (Å²) in [7, 11) is 1.96. The highest BCUT2D eigenvalue weighted by Gasteiger charge is 2.09. The van der Waals surface area contributed by atoms with Gasteiger partial charge in [0.25, 0.3) is 0 Å². The Morgan fingerprint density at radius 1 is 1.29 bits per heavy atom. The van der Waals surface area contributed by atoms with E-state index in [2.05, 4.69) is 39.9 Å².